The summed E-state index contributed by atoms with van der Waals surface area (Å²) in [4.78, 5) is 43.9. The van der Waals surface area contributed by atoms with Crippen LogP contribution < -0.4 is 0 Å². The van der Waals surface area contributed by atoms with Crippen molar-refractivity contribution in [3.05, 3.63) is 95.1 Å². The maximum atomic E-state index is 12.9. The molecule has 0 saturated heterocycles. The zero-order chi connectivity index (χ0) is 23.4. The molecule has 33 heavy (non-hydrogen) atoms. The van der Waals surface area contributed by atoms with E-state index >= 15 is 0 Å². The Hall–Kier alpha value is -4.26. The molecule has 1 heterocycles. The average Bonchev–Trinajstić information content (AvgIpc) is 3.08. The summed E-state index contributed by atoms with van der Waals surface area (Å²) in [7, 11) is 0. The molecule has 0 bridgehead atoms. The highest BCUT2D eigenvalue weighted by Gasteiger charge is 2.43. The number of ether oxygens (including phenoxy) is 1. The normalized spacial score (nSPS) is 13.9. The molecule has 1 atom stereocenters. The number of carbonyl (C=O) groups is 3. The summed E-state index contributed by atoms with van der Waals surface area (Å²) in [6.45, 7) is 1.82. The third-order valence-corrected chi connectivity index (χ3v) is 5.32. The molecule has 0 saturated carbocycles. The van der Waals surface area contributed by atoms with Crippen LogP contribution in [0.15, 0.2) is 77.8 Å². The van der Waals surface area contributed by atoms with Crippen molar-refractivity contribution in [3.63, 3.8) is 0 Å². The van der Waals surface area contributed by atoms with E-state index in [1.165, 1.54) is 0 Å². The van der Waals surface area contributed by atoms with Crippen LogP contribution in [0.2, 0.25) is 0 Å². The van der Waals surface area contributed by atoms with Gasteiger partial charge >= 0.3 is 5.97 Å². The molecule has 2 amide bonds. The highest BCUT2D eigenvalue weighted by Crippen LogP contribution is 2.27. The van der Waals surface area contributed by atoms with Crippen LogP contribution in [0, 0.1) is 0 Å². The van der Waals surface area contributed by atoms with E-state index in [9.17, 15) is 19.5 Å². The summed E-state index contributed by atoms with van der Waals surface area (Å²) in [5.74, 6) is -1.43. The Morgan fingerprint density at radius 3 is 2.15 bits per heavy atom. The summed E-state index contributed by atoms with van der Waals surface area (Å²) in [6, 6.07) is 19.3. The van der Waals surface area contributed by atoms with Gasteiger partial charge in [0.25, 0.3) is 11.8 Å². The molecule has 0 spiro atoms. The molecule has 1 aliphatic heterocycles. The lowest BCUT2D eigenvalue weighted by atomic mass is 10.0. The minimum Gasteiger partial charge on any atom is -0.508 e. The molecule has 0 radical (unpaired) electrons. The first-order valence-corrected chi connectivity index (χ1v) is 10.5. The second kappa shape index (κ2) is 9.48. The lowest BCUT2D eigenvalue weighted by molar-refractivity contribution is -0.147. The van der Waals surface area contributed by atoms with E-state index in [4.69, 9.17) is 4.74 Å². The fraction of sp³-hybridized carbons (Fsp3) is 0.154. The third-order valence-electron chi connectivity index (χ3n) is 5.32. The molecule has 7 nitrogen and oxygen atoms in total. The topological polar surface area (TPSA) is 96.3 Å². The second-order valence-electron chi connectivity index (χ2n) is 7.51. The standard InChI is InChI=1S/C26H22N2O5/c1-2-33-26(32)23(28-24(30)21-5-3-4-6-22(21)25(28)31)15-17-7-11-19(12-8-17)27-16-18-9-13-20(29)14-10-18/h3-14,16,23,29H,2,15H2,1H3. The van der Waals surface area contributed by atoms with E-state index in [0.29, 0.717) is 5.69 Å². The zero-order valence-corrected chi connectivity index (χ0v) is 18.0. The second-order valence-corrected chi connectivity index (χ2v) is 7.51. The van der Waals surface area contributed by atoms with Crippen LogP contribution in [0.3, 0.4) is 0 Å². The first-order chi connectivity index (χ1) is 16.0. The summed E-state index contributed by atoms with van der Waals surface area (Å²) in [6.07, 6.45) is 1.81. The predicted molar refractivity (Wildman–Crippen MR) is 123 cm³/mol. The molecule has 1 unspecified atom stereocenters. The third kappa shape index (κ3) is 4.67. The van der Waals surface area contributed by atoms with Crippen molar-refractivity contribution >= 4 is 29.7 Å². The number of aromatic hydroxyl groups is 1. The number of amides is 2. The lowest BCUT2D eigenvalue weighted by Crippen LogP contribution is -2.47. The number of nitrogens with zero attached hydrogens (tertiary/aromatic N) is 2. The maximum Gasteiger partial charge on any atom is 0.329 e. The summed E-state index contributed by atoms with van der Waals surface area (Å²) >= 11 is 0. The van der Waals surface area contributed by atoms with Crippen molar-refractivity contribution < 1.29 is 24.2 Å². The van der Waals surface area contributed by atoms with E-state index in [0.717, 1.165) is 16.0 Å². The fourth-order valence-corrected chi connectivity index (χ4v) is 3.66. The highest BCUT2D eigenvalue weighted by molar-refractivity contribution is 6.22. The molecule has 1 aliphatic rings. The number of phenolic OH excluding ortho intramolecular Hbond substituents is 1. The first-order valence-electron chi connectivity index (χ1n) is 10.5. The summed E-state index contributed by atoms with van der Waals surface area (Å²) in [5.41, 5.74) is 2.87. The van der Waals surface area contributed by atoms with Crippen molar-refractivity contribution in [1.29, 1.82) is 0 Å². The van der Waals surface area contributed by atoms with Gasteiger partial charge in [-0.1, -0.05) is 24.3 Å². The number of carbonyl (C=O) groups excluding carboxylic acids is 3. The number of hydrogen-bond acceptors (Lipinski definition) is 6. The van der Waals surface area contributed by atoms with Gasteiger partial charge in [0.2, 0.25) is 0 Å². The molecule has 3 aromatic rings. The van der Waals surface area contributed by atoms with Gasteiger partial charge in [0.15, 0.2) is 0 Å². The average molecular weight is 442 g/mol. The van der Waals surface area contributed by atoms with Crippen LogP contribution in [-0.2, 0) is 16.0 Å². The number of fused-ring (bicyclic) bond motifs is 1. The molecule has 0 aliphatic carbocycles. The lowest BCUT2D eigenvalue weighted by Gasteiger charge is -2.24. The number of benzene rings is 3. The van der Waals surface area contributed by atoms with Gasteiger partial charge in [0.05, 0.1) is 23.4 Å². The van der Waals surface area contributed by atoms with Crippen LogP contribution in [0.4, 0.5) is 5.69 Å². The summed E-state index contributed by atoms with van der Waals surface area (Å²) < 4.78 is 5.18. The molecular formula is C26H22N2O5. The molecule has 7 heteroatoms. The van der Waals surface area contributed by atoms with E-state index in [1.54, 1.807) is 85.9 Å². The predicted octanol–water partition coefficient (Wildman–Crippen LogP) is 3.91. The number of imide groups is 1. The smallest absolute Gasteiger partial charge is 0.329 e. The monoisotopic (exact) mass is 442 g/mol. The quantitative estimate of drug-likeness (QED) is 0.340. The maximum absolute atomic E-state index is 12.9. The van der Waals surface area contributed by atoms with Crippen LogP contribution in [-0.4, -0.2) is 46.7 Å². The fourth-order valence-electron chi connectivity index (χ4n) is 3.66. The first kappa shape index (κ1) is 22.0. The number of esters is 1. The Morgan fingerprint density at radius 2 is 1.58 bits per heavy atom. The SMILES string of the molecule is CCOC(=O)C(Cc1ccc(N=Cc2ccc(O)cc2)cc1)N1C(=O)c2ccccc2C1=O. The van der Waals surface area contributed by atoms with E-state index in [-0.39, 0.29) is 29.9 Å². The minimum absolute atomic E-state index is 0.131. The van der Waals surface area contributed by atoms with E-state index < -0.39 is 23.8 Å². The Kier molecular flexibility index (Phi) is 6.31. The van der Waals surface area contributed by atoms with Gasteiger partial charge in [-0.2, -0.15) is 0 Å². The number of hydrogen-bond donors (Lipinski definition) is 1. The molecule has 4 rings (SSSR count). The Morgan fingerprint density at radius 1 is 0.970 bits per heavy atom. The van der Waals surface area contributed by atoms with Crippen molar-refractivity contribution in [3.8, 4) is 5.75 Å². The number of aliphatic imine (C=N–C) groups is 1. The van der Waals surface area contributed by atoms with E-state index in [1.807, 2.05) is 0 Å². The van der Waals surface area contributed by atoms with Crippen LogP contribution in [0.25, 0.3) is 0 Å². The molecule has 3 aromatic carbocycles. The highest BCUT2D eigenvalue weighted by atomic mass is 16.5. The Labute approximate surface area is 191 Å². The van der Waals surface area contributed by atoms with Crippen molar-refractivity contribution in [1.82, 2.24) is 4.90 Å². The largest absolute Gasteiger partial charge is 0.508 e. The van der Waals surface area contributed by atoms with Gasteiger partial charge < -0.3 is 9.84 Å². The molecule has 1 N–H and O–H groups in total. The van der Waals surface area contributed by atoms with Crippen molar-refractivity contribution in [2.75, 3.05) is 6.61 Å². The van der Waals surface area contributed by atoms with Gasteiger partial charge in [0, 0.05) is 12.6 Å². The van der Waals surface area contributed by atoms with Gasteiger partial charge in [0.1, 0.15) is 11.8 Å². The van der Waals surface area contributed by atoms with Crippen molar-refractivity contribution in [2.24, 2.45) is 4.99 Å². The number of rotatable bonds is 7. The zero-order valence-electron chi connectivity index (χ0n) is 18.0. The molecule has 166 valence electrons. The molecular weight excluding hydrogens is 420 g/mol. The van der Waals surface area contributed by atoms with Gasteiger partial charge in [-0.25, -0.2) is 4.79 Å². The summed E-state index contributed by atoms with van der Waals surface area (Å²) in [5, 5.41) is 9.36. The minimum atomic E-state index is -1.07. The van der Waals surface area contributed by atoms with Crippen LogP contribution in [0.5, 0.6) is 5.75 Å². The van der Waals surface area contributed by atoms with Crippen LogP contribution >= 0.6 is 0 Å². The molecule has 0 aromatic heterocycles. The van der Waals surface area contributed by atoms with Crippen LogP contribution in [0.1, 0.15) is 38.8 Å². The van der Waals surface area contributed by atoms with E-state index in [2.05, 4.69) is 4.99 Å². The molecule has 0 fully saturated rings. The van der Waals surface area contributed by atoms with Gasteiger partial charge in [-0.3, -0.25) is 19.5 Å². The van der Waals surface area contributed by atoms with Gasteiger partial charge in [-0.15, -0.1) is 0 Å². The Balaban J connectivity index is 1.54. The van der Waals surface area contributed by atoms with Gasteiger partial charge in [-0.05, 0) is 66.6 Å². The number of phenols is 1. The Bertz CT molecular complexity index is 1180. The van der Waals surface area contributed by atoms with Crippen molar-refractivity contribution in [2.45, 2.75) is 19.4 Å².